The molecular weight excluding hydrogens is 208 g/mol. The van der Waals surface area contributed by atoms with Crippen LogP contribution in [0.5, 0.6) is 5.75 Å². The van der Waals surface area contributed by atoms with Gasteiger partial charge in [0.1, 0.15) is 5.75 Å². The minimum atomic E-state index is 0.164. The van der Waals surface area contributed by atoms with E-state index in [-0.39, 0.29) is 5.41 Å². The van der Waals surface area contributed by atoms with Crippen LogP contribution in [0, 0.1) is 0 Å². The smallest absolute Gasteiger partial charge is 0.119 e. The Morgan fingerprint density at radius 2 is 1.71 bits per heavy atom. The Balaban J connectivity index is 2.31. The maximum atomic E-state index is 10.1. The van der Waals surface area contributed by atoms with Gasteiger partial charge in [-0.05, 0) is 41.4 Å². The minimum Gasteiger partial charge on any atom is -0.508 e. The Morgan fingerprint density at radius 1 is 1.06 bits per heavy atom. The summed E-state index contributed by atoms with van der Waals surface area (Å²) in [5.74, 6) is 1.07. The van der Waals surface area contributed by atoms with E-state index in [0.29, 0.717) is 11.7 Å². The van der Waals surface area contributed by atoms with Gasteiger partial charge in [-0.3, -0.25) is 0 Å². The number of rotatable bonds is 1. The summed E-state index contributed by atoms with van der Waals surface area (Å²) in [6, 6.07) is 6.16. The van der Waals surface area contributed by atoms with Gasteiger partial charge in [-0.2, -0.15) is 0 Å². The van der Waals surface area contributed by atoms with Crippen LogP contribution in [-0.2, 0) is 5.41 Å². The molecule has 1 aromatic rings. The Labute approximate surface area is 105 Å². The van der Waals surface area contributed by atoms with Crippen molar-refractivity contribution in [3.8, 4) is 5.75 Å². The molecule has 0 heterocycles. The fourth-order valence-corrected chi connectivity index (χ4v) is 2.76. The molecule has 0 amide bonds. The van der Waals surface area contributed by atoms with Crippen molar-refractivity contribution >= 4 is 0 Å². The van der Waals surface area contributed by atoms with E-state index in [0.717, 1.165) is 0 Å². The molecule has 0 radical (unpaired) electrons. The van der Waals surface area contributed by atoms with Gasteiger partial charge in [0.25, 0.3) is 0 Å². The average Bonchev–Trinajstić information content (AvgIpc) is 2.29. The van der Waals surface area contributed by atoms with Gasteiger partial charge in [0, 0.05) is 0 Å². The lowest BCUT2D eigenvalue weighted by molar-refractivity contribution is 0.413. The van der Waals surface area contributed by atoms with Crippen molar-refractivity contribution in [2.45, 2.75) is 64.2 Å². The van der Waals surface area contributed by atoms with E-state index in [1.807, 2.05) is 6.07 Å². The summed E-state index contributed by atoms with van der Waals surface area (Å²) >= 11 is 0. The standard InChI is InChI=1S/C16H24O/c1-16(2,3)13-9-10-15(17)14(11-13)12-7-5-4-6-8-12/h9-12,17H,4-8H2,1-3H3. The molecule has 0 aliphatic heterocycles. The lowest BCUT2D eigenvalue weighted by atomic mass is 9.80. The van der Waals surface area contributed by atoms with Gasteiger partial charge >= 0.3 is 0 Å². The van der Waals surface area contributed by atoms with Crippen molar-refractivity contribution in [2.24, 2.45) is 0 Å². The Kier molecular flexibility index (Phi) is 3.46. The summed E-state index contributed by atoms with van der Waals surface area (Å²) in [7, 11) is 0. The molecule has 1 fully saturated rings. The molecule has 94 valence electrons. The van der Waals surface area contributed by atoms with E-state index in [2.05, 4.69) is 32.9 Å². The van der Waals surface area contributed by atoms with Crippen molar-refractivity contribution in [3.05, 3.63) is 29.3 Å². The fourth-order valence-electron chi connectivity index (χ4n) is 2.76. The zero-order valence-corrected chi connectivity index (χ0v) is 11.3. The van der Waals surface area contributed by atoms with Gasteiger partial charge in [-0.1, -0.05) is 52.2 Å². The first-order valence-electron chi connectivity index (χ1n) is 6.82. The third kappa shape index (κ3) is 2.83. The minimum absolute atomic E-state index is 0.164. The zero-order valence-electron chi connectivity index (χ0n) is 11.3. The number of phenols is 1. The van der Waals surface area contributed by atoms with Gasteiger partial charge in [-0.25, -0.2) is 0 Å². The monoisotopic (exact) mass is 232 g/mol. The quantitative estimate of drug-likeness (QED) is 0.741. The van der Waals surface area contributed by atoms with Crippen LogP contribution < -0.4 is 0 Å². The number of aromatic hydroxyl groups is 1. The van der Waals surface area contributed by atoms with E-state index >= 15 is 0 Å². The van der Waals surface area contributed by atoms with Crippen LogP contribution in [0.15, 0.2) is 18.2 Å². The second-order valence-electron chi connectivity index (χ2n) is 6.36. The lowest BCUT2D eigenvalue weighted by Crippen LogP contribution is -2.13. The first-order chi connectivity index (χ1) is 7.98. The molecule has 0 saturated heterocycles. The summed E-state index contributed by atoms with van der Waals surface area (Å²) < 4.78 is 0. The molecule has 1 aromatic carbocycles. The molecule has 1 N–H and O–H groups in total. The molecule has 2 rings (SSSR count). The Morgan fingerprint density at radius 3 is 2.29 bits per heavy atom. The van der Waals surface area contributed by atoms with Crippen LogP contribution in [-0.4, -0.2) is 5.11 Å². The third-order valence-electron chi connectivity index (χ3n) is 3.94. The average molecular weight is 232 g/mol. The van der Waals surface area contributed by atoms with Crippen LogP contribution in [0.2, 0.25) is 0 Å². The predicted octanol–water partition coefficient (Wildman–Crippen LogP) is 4.74. The molecule has 17 heavy (non-hydrogen) atoms. The molecule has 0 bridgehead atoms. The van der Waals surface area contributed by atoms with E-state index in [1.54, 1.807) is 0 Å². The fraction of sp³-hybridized carbons (Fsp3) is 0.625. The maximum Gasteiger partial charge on any atom is 0.119 e. The van der Waals surface area contributed by atoms with Crippen molar-refractivity contribution in [2.75, 3.05) is 0 Å². The van der Waals surface area contributed by atoms with Gasteiger partial charge in [-0.15, -0.1) is 0 Å². The van der Waals surface area contributed by atoms with E-state index in [1.165, 1.54) is 43.2 Å². The molecule has 1 heteroatoms. The number of hydrogen-bond acceptors (Lipinski definition) is 1. The normalized spacial score (nSPS) is 18.3. The molecule has 1 aliphatic rings. The van der Waals surface area contributed by atoms with Gasteiger partial charge in [0.2, 0.25) is 0 Å². The van der Waals surface area contributed by atoms with Crippen molar-refractivity contribution in [1.29, 1.82) is 0 Å². The van der Waals surface area contributed by atoms with E-state index in [4.69, 9.17) is 0 Å². The number of phenolic OH excluding ortho intramolecular Hbond substituents is 1. The van der Waals surface area contributed by atoms with Crippen molar-refractivity contribution in [3.63, 3.8) is 0 Å². The van der Waals surface area contributed by atoms with Crippen LogP contribution >= 0.6 is 0 Å². The Bertz CT molecular complexity index is 381. The highest BCUT2D eigenvalue weighted by molar-refractivity contribution is 5.41. The summed E-state index contributed by atoms with van der Waals surface area (Å²) in [5, 5.41) is 10.1. The summed E-state index contributed by atoms with van der Waals surface area (Å²) in [6.07, 6.45) is 6.45. The van der Waals surface area contributed by atoms with Crippen LogP contribution in [0.25, 0.3) is 0 Å². The van der Waals surface area contributed by atoms with E-state index < -0.39 is 0 Å². The highest BCUT2D eigenvalue weighted by atomic mass is 16.3. The van der Waals surface area contributed by atoms with Gasteiger partial charge in [0.05, 0.1) is 0 Å². The topological polar surface area (TPSA) is 20.2 Å². The van der Waals surface area contributed by atoms with Gasteiger partial charge in [0.15, 0.2) is 0 Å². The molecular formula is C16H24O. The van der Waals surface area contributed by atoms with Crippen LogP contribution in [0.3, 0.4) is 0 Å². The summed E-state index contributed by atoms with van der Waals surface area (Å²) in [4.78, 5) is 0. The summed E-state index contributed by atoms with van der Waals surface area (Å²) in [5.41, 5.74) is 2.67. The second kappa shape index (κ2) is 4.72. The molecule has 0 atom stereocenters. The van der Waals surface area contributed by atoms with E-state index in [9.17, 15) is 5.11 Å². The van der Waals surface area contributed by atoms with Gasteiger partial charge < -0.3 is 5.11 Å². The molecule has 1 aliphatic carbocycles. The molecule has 0 spiro atoms. The maximum absolute atomic E-state index is 10.1. The third-order valence-corrected chi connectivity index (χ3v) is 3.94. The van der Waals surface area contributed by atoms with Crippen LogP contribution in [0.1, 0.15) is 69.9 Å². The first-order valence-corrected chi connectivity index (χ1v) is 6.82. The van der Waals surface area contributed by atoms with Crippen molar-refractivity contribution < 1.29 is 5.11 Å². The summed E-state index contributed by atoms with van der Waals surface area (Å²) in [6.45, 7) is 6.68. The Hall–Kier alpha value is -0.980. The molecule has 1 saturated carbocycles. The first kappa shape index (κ1) is 12.5. The predicted molar refractivity (Wildman–Crippen MR) is 72.6 cm³/mol. The molecule has 0 unspecified atom stereocenters. The second-order valence-corrected chi connectivity index (χ2v) is 6.36. The lowest BCUT2D eigenvalue weighted by Gasteiger charge is -2.26. The highest BCUT2D eigenvalue weighted by Gasteiger charge is 2.21. The largest absolute Gasteiger partial charge is 0.508 e. The highest BCUT2D eigenvalue weighted by Crippen LogP contribution is 2.38. The number of hydrogen-bond donors (Lipinski definition) is 1. The SMILES string of the molecule is CC(C)(C)c1ccc(O)c(C2CCCCC2)c1. The molecule has 1 nitrogen and oxygen atoms in total. The van der Waals surface area contributed by atoms with Crippen LogP contribution in [0.4, 0.5) is 0 Å². The zero-order chi connectivity index (χ0) is 12.5. The van der Waals surface area contributed by atoms with Crippen molar-refractivity contribution in [1.82, 2.24) is 0 Å². The number of benzene rings is 1. The molecule has 0 aromatic heterocycles.